The number of β-amino-alcohol motifs (C(OH)–C–C–N with tert-alkyl or cyclic N) is 1. The number of anilines is 1. The van der Waals surface area contributed by atoms with Gasteiger partial charge < -0.3 is 30.1 Å². The van der Waals surface area contributed by atoms with Crippen molar-refractivity contribution < 1.29 is 29.0 Å². The zero-order valence-corrected chi connectivity index (χ0v) is 18.0. The molecule has 0 radical (unpaired) electrons. The zero-order chi connectivity index (χ0) is 22.4. The smallest absolute Gasteiger partial charge is 0.250 e. The maximum absolute atomic E-state index is 13.5. The Morgan fingerprint density at radius 3 is 2.55 bits per heavy atom. The van der Waals surface area contributed by atoms with E-state index in [2.05, 4.69) is 10.6 Å². The first-order valence-electron chi connectivity index (χ1n) is 10.7. The number of fused-ring (bicyclic) bond motifs is 1. The number of nitrogens with one attached hydrogen (secondary N) is 2. The summed E-state index contributed by atoms with van der Waals surface area (Å²) >= 11 is 0. The number of rotatable bonds is 7. The van der Waals surface area contributed by atoms with Gasteiger partial charge in [-0.2, -0.15) is 0 Å². The molecule has 3 saturated heterocycles. The van der Waals surface area contributed by atoms with Crippen molar-refractivity contribution in [3.8, 4) is 5.75 Å². The van der Waals surface area contributed by atoms with Gasteiger partial charge >= 0.3 is 0 Å². The fraction of sp³-hybridized carbons (Fsp3) is 0.591. The summed E-state index contributed by atoms with van der Waals surface area (Å²) in [4.78, 5) is 41.1. The lowest BCUT2D eigenvalue weighted by Gasteiger charge is -2.33. The molecular weight excluding hydrogens is 402 g/mol. The first kappa shape index (κ1) is 21.6. The third-order valence-corrected chi connectivity index (χ3v) is 7.16. The van der Waals surface area contributed by atoms with Crippen LogP contribution in [-0.4, -0.2) is 72.3 Å². The van der Waals surface area contributed by atoms with Gasteiger partial charge in [-0.1, -0.05) is 6.92 Å². The lowest BCUT2D eigenvalue weighted by Crippen LogP contribution is -2.53. The van der Waals surface area contributed by atoms with Crippen LogP contribution in [0.25, 0.3) is 0 Å². The number of methoxy groups -OCH3 is 1. The lowest BCUT2D eigenvalue weighted by molar-refractivity contribution is -0.146. The molecule has 0 saturated carbocycles. The second-order valence-electron chi connectivity index (χ2n) is 8.42. The van der Waals surface area contributed by atoms with Crippen molar-refractivity contribution in [2.75, 3.05) is 32.6 Å². The number of aliphatic hydroxyl groups excluding tert-OH is 1. The number of ether oxygens (including phenoxy) is 2. The van der Waals surface area contributed by atoms with Gasteiger partial charge in [0.1, 0.15) is 17.4 Å². The van der Waals surface area contributed by atoms with Gasteiger partial charge in [-0.15, -0.1) is 0 Å². The quantitative estimate of drug-likeness (QED) is 0.580. The Bertz CT molecular complexity index is 890. The summed E-state index contributed by atoms with van der Waals surface area (Å²) < 4.78 is 11.7. The van der Waals surface area contributed by atoms with Gasteiger partial charge in [-0.25, -0.2) is 0 Å². The molecule has 4 rings (SSSR count). The molecule has 3 aliphatic rings. The summed E-state index contributed by atoms with van der Waals surface area (Å²) in [7, 11) is 3.10. The van der Waals surface area contributed by atoms with Gasteiger partial charge in [0.2, 0.25) is 17.7 Å². The van der Waals surface area contributed by atoms with E-state index in [1.165, 1.54) is 4.90 Å². The minimum absolute atomic E-state index is 0.000726. The summed E-state index contributed by atoms with van der Waals surface area (Å²) in [6.07, 6.45) is 1.68. The number of aliphatic hydroxyl groups is 1. The standard InChI is InChI=1S/C22H29N3O6/c1-4-21-9-10-22(31-21)16(15(21)18(27)23-2)20(29)25(11-12-26)17(22)19(28)24-13-5-7-14(30-3)8-6-13/h5-8,15-17,26H,4,9-12H2,1-3H3,(H,23,27)(H,24,28)/t15-,16-,17?,21+,22?/m0/s1. The maximum Gasteiger partial charge on any atom is 0.250 e. The van der Waals surface area contributed by atoms with Crippen LogP contribution < -0.4 is 15.4 Å². The van der Waals surface area contributed by atoms with Gasteiger partial charge in [0, 0.05) is 19.3 Å². The molecule has 1 aromatic rings. The largest absolute Gasteiger partial charge is 0.497 e. The Balaban J connectivity index is 1.71. The molecule has 9 nitrogen and oxygen atoms in total. The molecule has 2 bridgehead atoms. The Hall–Kier alpha value is -2.65. The van der Waals surface area contributed by atoms with Crippen LogP contribution in [-0.2, 0) is 19.1 Å². The first-order chi connectivity index (χ1) is 14.9. The van der Waals surface area contributed by atoms with Crippen molar-refractivity contribution in [3.05, 3.63) is 24.3 Å². The van der Waals surface area contributed by atoms with Gasteiger partial charge in [0.05, 0.1) is 31.2 Å². The van der Waals surface area contributed by atoms with E-state index in [4.69, 9.17) is 9.47 Å². The van der Waals surface area contributed by atoms with Crippen LogP contribution in [0.3, 0.4) is 0 Å². The number of likely N-dealkylation sites (tertiary alicyclic amines) is 1. The van der Waals surface area contributed by atoms with Crippen LogP contribution in [0.15, 0.2) is 24.3 Å². The molecule has 1 spiro atoms. The Kier molecular flexibility index (Phi) is 5.43. The van der Waals surface area contributed by atoms with Crippen LogP contribution in [0.2, 0.25) is 0 Å². The number of benzene rings is 1. The predicted molar refractivity (Wildman–Crippen MR) is 111 cm³/mol. The highest BCUT2D eigenvalue weighted by molar-refractivity contribution is 6.03. The number of carbonyl (C=O) groups excluding carboxylic acids is 3. The topological polar surface area (TPSA) is 117 Å². The molecule has 0 aliphatic carbocycles. The first-order valence-corrected chi connectivity index (χ1v) is 10.7. The summed E-state index contributed by atoms with van der Waals surface area (Å²) in [5.74, 6) is -1.71. The van der Waals surface area contributed by atoms with Crippen molar-refractivity contribution >= 4 is 23.4 Å². The molecule has 2 unspecified atom stereocenters. The molecule has 168 valence electrons. The van der Waals surface area contributed by atoms with Crippen LogP contribution in [0.1, 0.15) is 26.2 Å². The number of carbonyl (C=O) groups is 3. The number of hydrogen-bond acceptors (Lipinski definition) is 6. The number of nitrogens with zero attached hydrogens (tertiary/aromatic N) is 1. The number of hydrogen-bond donors (Lipinski definition) is 3. The minimum atomic E-state index is -1.09. The molecule has 5 atom stereocenters. The summed E-state index contributed by atoms with van der Waals surface area (Å²) in [6, 6.07) is 5.96. The monoisotopic (exact) mass is 431 g/mol. The van der Waals surface area contributed by atoms with E-state index in [-0.39, 0.29) is 30.9 Å². The maximum atomic E-state index is 13.5. The number of amides is 3. The minimum Gasteiger partial charge on any atom is -0.497 e. The molecule has 3 heterocycles. The fourth-order valence-corrected chi connectivity index (χ4v) is 5.81. The van der Waals surface area contributed by atoms with Crippen molar-refractivity contribution in [1.82, 2.24) is 10.2 Å². The van der Waals surface area contributed by atoms with Gasteiger partial charge in [0.15, 0.2) is 0 Å². The lowest BCUT2D eigenvalue weighted by atomic mass is 9.65. The summed E-state index contributed by atoms with van der Waals surface area (Å²) in [5, 5.41) is 15.1. The van der Waals surface area contributed by atoms with Crippen molar-refractivity contribution in [3.63, 3.8) is 0 Å². The van der Waals surface area contributed by atoms with E-state index < -0.39 is 29.1 Å². The van der Waals surface area contributed by atoms with Gasteiger partial charge in [-0.05, 0) is 43.5 Å². The molecule has 3 aliphatic heterocycles. The highest BCUT2D eigenvalue weighted by Crippen LogP contribution is 2.64. The second-order valence-corrected chi connectivity index (χ2v) is 8.42. The Labute approximate surface area is 181 Å². The molecule has 9 heteroatoms. The highest BCUT2D eigenvalue weighted by Gasteiger charge is 2.78. The van der Waals surface area contributed by atoms with Crippen LogP contribution >= 0.6 is 0 Å². The van der Waals surface area contributed by atoms with E-state index in [0.29, 0.717) is 30.7 Å². The molecule has 31 heavy (non-hydrogen) atoms. The fourth-order valence-electron chi connectivity index (χ4n) is 5.81. The van der Waals surface area contributed by atoms with E-state index in [1.807, 2.05) is 6.92 Å². The van der Waals surface area contributed by atoms with Crippen LogP contribution in [0.4, 0.5) is 5.69 Å². The van der Waals surface area contributed by atoms with Crippen LogP contribution in [0, 0.1) is 11.8 Å². The zero-order valence-electron chi connectivity index (χ0n) is 18.0. The highest BCUT2D eigenvalue weighted by atomic mass is 16.5. The summed E-state index contributed by atoms with van der Waals surface area (Å²) in [5.41, 5.74) is -1.29. The molecule has 3 amide bonds. The predicted octanol–water partition coefficient (Wildman–Crippen LogP) is 0.527. The van der Waals surface area contributed by atoms with Gasteiger partial charge in [-0.3, -0.25) is 14.4 Å². The molecule has 0 aromatic heterocycles. The molecule has 1 aromatic carbocycles. The third kappa shape index (κ3) is 3.02. The van der Waals surface area contributed by atoms with Crippen molar-refractivity contribution in [1.29, 1.82) is 0 Å². The van der Waals surface area contributed by atoms with E-state index in [9.17, 15) is 19.5 Å². The third-order valence-electron chi connectivity index (χ3n) is 7.16. The Morgan fingerprint density at radius 2 is 1.97 bits per heavy atom. The van der Waals surface area contributed by atoms with E-state index in [0.717, 1.165) is 0 Å². The van der Waals surface area contributed by atoms with Gasteiger partial charge in [0.25, 0.3) is 0 Å². The molecule has 3 N–H and O–H groups in total. The van der Waals surface area contributed by atoms with E-state index >= 15 is 0 Å². The van der Waals surface area contributed by atoms with Crippen molar-refractivity contribution in [2.45, 2.75) is 43.4 Å². The normalized spacial score (nSPS) is 33.4. The average molecular weight is 431 g/mol. The van der Waals surface area contributed by atoms with E-state index in [1.54, 1.807) is 38.4 Å². The molecule has 3 fully saturated rings. The summed E-state index contributed by atoms with van der Waals surface area (Å²) in [6.45, 7) is 1.66. The second kappa shape index (κ2) is 7.80. The van der Waals surface area contributed by atoms with Crippen molar-refractivity contribution in [2.24, 2.45) is 11.8 Å². The average Bonchev–Trinajstić information content (AvgIpc) is 3.38. The Morgan fingerprint density at radius 1 is 1.26 bits per heavy atom. The van der Waals surface area contributed by atoms with Crippen LogP contribution in [0.5, 0.6) is 5.75 Å². The SMILES string of the molecule is CC[C@]12CCC3(O1)C(C(=O)Nc1ccc(OC)cc1)N(CCO)C(=O)[C@@H]3[C@H]2C(=O)NC. The molecular formula is C22H29N3O6.